The van der Waals surface area contributed by atoms with Crippen LogP contribution in [0.2, 0.25) is 0 Å². The topological polar surface area (TPSA) is 21.7 Å². The van der Waals surface area contributed by atoms with E-state index in [1.54, 1.807) is 14.2 Å². The maximum Gasteiger partial charge on any atom is 0.161 e. The van der Waals surface area contributed by atoms with Crippen molar-refractivity contribution in [3.8, 4) is 11.5 Å². The molecule has 0 radical (unpaired) electrons. The van der Waals surface area contributed by atoms with Crippen LogP contribution >= 0.6 is 12.4 Å². The van der Waals surface area contributed by atoms with E-state index in [1.165, 1.54) is 33.4 Å². The number of hydrogen-bond acceptors (Lipinski definition) is 3. The van der Waals surface area contributed by atoms with Gasteiger partial charge >= 0.3 is 0 Å². The first kappa shape index (κ1) is 21.7. The number of benzene rings is 3. The van der Waals surface area contributed by atoms with E-state index in [0.717, 1.165) is 37.4 Å². The molecule has 31 heavy (non-hydrogen) atoms. The molecule has 3 aromatic carbocycles. The first-order valence-corrected chi connectivity index (χ1v) is 10.8. The number of fused-ring (bicyclic) bond motifs is 5. The van der Waals surface area contributed by atoms with Crippen molar-refractivity contribution in [2.45, 2.75) is 44.8 Å². The molecule has 0 N–H and O–H groups in total. The third-order valence-corrected chi connectivity index (χ3v) is 6.78. The molecule has 3 nitrogen and oxygen atoms in total. The summed E-state index contributed by atoms with van der Waals surface area (Å²) in [7, 11) is 3.45. The van der Waals surface area contributed by atoms with Crippen LogP contribution in [0.5, 0.6) is 11.5 Å². The Labute approximate surface area is 191 Å². The molecule has 3 aromatic rings. The van der Waals surface area contributed by atoms with Gasteiger partial charge in [0.05, 0.1) is 14.2 Å². The molecular weight excluding hydrogens is 406 g/mol. The predicted octanol–water partition coefficient (Wildman–Crippen LogP) is 5.90. The summed E-state index contributed by atoms with van der Waals surface area (Å²) in [6.45, 7) is 4.18. The highest BCUT2D eigenvalue weighted by atomic mass is 35.5. The largest absolute Gasteiger partial charge is 0.493 e. The van der Waals surface area contributed by atoms with Crippen molar-refractivity contribution in [3.05, 3.63) is 94.0 Å². The highest BCUT2D eigenvalue weighted by Gasteiger charge is 2.40. The van der Waals surface area contributed by atoms with Gasteiger partial charge in [-0.1, -0.05) is 54.1 Å². The zero-order chi connectivity index (χ0) is 20.7. The van der Waals surface area contributed by atoms with Crippen LogP contribution in [0.4, 0.5) is 0 Å². The average molecular weight is 436 g/mol. The number of nitrogens with zero attached hydrogens (tertiary/aromatic N) is 1. The first-order chi connectivity index (χ1) is 14.7. The first-order valence-electron chi connectivity index (χ1n) is 10.8. The highest BCUT2D eigenvalue weighted by molar-refractivity contribution is 5.85. The molecule has 0 fully saturated rings. The fraction of sp³-hybridized carbons (Fsp3) is 0.333. The van der Waals surface area contributed by atoms with Crippen molar-refractivity contribution in [3.63, 3.8) is 0 Å². The Hall–Kier alpha value is -2.49. The van der Waals surface area contributed by atoms with E-state index < -0.39 is 0 Å². The van der Waals surface area contributed by atoms with Crippen LogP contribution in [0.1, 0.15) is 45.7 Å². The molecule has 5 rings (SSSR count). The summed E-state index contributed by atoms with van der Waals surface area (Å²) < 4.78 is 11.3. The second-order valence-electron chi connectivity index (χ2n) is 8.58. The van der Waals surface area contributed by atoms with Crippen LogP contribution in [0, 0.1) is 6.92 Å². The molecule has 1 aliphatic heterocycles. The van der Waals surface area contributed by atoms with Gasteiger partial charge in [0.15, 0.2) is 11.5 Å². The Balaban J connectivity index is 0.00000231. The van der Waals surface area contributed by atoms with Crippen molar-refractivity contribution in [2.75, 3.05) is 14.2 Å². The van der Waals surface area contributed by atoms with Gasteiger partial charge in [0.2, 0.25) is 0 Å². The number of methoxy groups -OCH3 is 2. The molecule has 2 atom stereocenters. The van der Waals surface area contributed by atoms with E-state index in [9.17, 15) is 0 Å². The predicted molar refractivity (Wildman–Crippen MR) is 128 cm³/mol. The standard InChI is InChI=1S/C27H29NO2.ClH/c1-18-9-11-22-21(13-18)17-28(16-19-7-5-4-6-8-19)24-12-10-20-14-25(29-2)26(30-3)15-23(20)27(22)24;/h4-9,11,13-15,24,27H,10,12,16-17H2,1-3H3;1H. The van der Waals surface area contributed by atoms with Gasteiger partial charge in [-0.05, 0) is 59.7 Å². The fourth-order valence-electron chi connectivity index (χ4n) is 5.39. The van der Waals surface area contributed by atoms with Crippen molar-refractivity contribution < 1.29 is 9.47 Å². The Bertz CT molecular complexity index is 1070. The van der Waals surface area contributed by atoms with E-state index in [4.69, 9.17) is 9.47 Å². The molecule has 4 heteroatoms. The monoisotopic (exact) mass is 435 g/mol. The van der Waals surface area contributed by atoms with Crippen molar-refractivity contribution in [2.24, 2.45) is 0 Å². The summed E-state index contributed by atoms with van der Waals surface area (Å²) in [4.78, 5) is 2.68. The summed E-state index contributed by atoms with van der Waals surface area (Å²) in [6.07, 6.45) is 2.23. The van der Waals surface area contributed by atoms with Gasteiger partial charge in [0.1, 0.15) is 0 Å². The van der Waals surface area contributed by atoms with Crippen molar-refractivity contribution in [1.82, 2.24) is 4.90 Å². The molecule has 0 spiro atoms. The quantitative estimate of drug-likeness (QED) is 0.509. The van der Waals surface area contributed by atoms with Crippen LogP contribution < -0.4 is 9.47 Å². The molecule has 2 aliphatic rings. The van der Waals surface area contributed by atoms with E-state index >= 15 is 0 Å². The van der Waals surface area contributed by atoms with Crippen LogP contribution in [0.15, 0.2) is 60.7 Å². The highest BCUT2D eigenvalue weighted by Crippen LogP contribution is 2.47. The van der Waals surface area contributed by atoms with Crippen molar-refractivity contribution >= 4 is 12.4 Å². The van der Waals surface area contributed by atoms with E-state index in [1.807, 2.05) is 0 Å². The smallest absolute Gasteiger partial charge is 0.161 e. The van der Waals surface area contributed by atoms with Gasteiger partial charge in [-0.25, -0.2) is 0 Å². The molecular formula is C27H30ClNO2. The lowest BCUT2D eigenvalue weighted by Gasteiger charge is -2.46. The van der Waals surface area contributed by atoms with Gasteiger partial charge in [-0.3, -0.25) is 4.90 Å². The second-order valence-corrected chi connectivity index (χ2v) is 8.58. The fourth-order valence-corrected chi connectivity index (χ4v) is 5.39. The minimum Gasteiger partial charge on any atom is -0.493 e. The summed E-state index contributed by atoms with van der Waals surface area (Å²) in [5.74, 6) is 2.02. The molecule has 0 amide bonds. The normalized spacial score (nSPS) is 19.5. The number of halogens is 1. The van der Waals surface area contributed by atoms with Gasteiger partial charge < -0.3 is 9.47 Å². The lowest BCUT2D eigenvalue weighted by Crippen LogP contribution is -2.45. The van der Waals surface area contributed by atoms with E-state index in [2.05, 4.69) is 72.5 Å². The maximum atomic E-state index is 5.67. The Morgan fingerprint density at radius 2 is 1.61 bits per heavy atom. The maximum absolute atomic E-state index is 5.67. The molecule has 2 unspecified atom stereocenters. The summed E-state index contributed by atoms with van der Waals surface area (Å²) in [5.41, 5.74) is 8.42. The lowest BCUT2D eigenvalue weighted by atomic mass is 9.71. The molecule has 0 aromatic heterocycles. The van der Waals surface area contributed by atoms with Crippen LogP contribution in [0.25, 0.3) is 0 Å². The number of aryl methyl sites for hydroxylation is 2. The molecule has 0 saturated heterocycles. The zero-order valence-electron chi connectivity index (χ0n) is 18.4. The Morgan fingerprint density at radius 1 is 0.871 bits per heavy atom. The zero-order valence-corrected chi connectivity index (χ0v) is 19.2. The molecule has 162 valence electrons. The van der Waals surface area contributed by atoms with E-state index in [-0.39, 0.29) is 12.4 Å². The summed E-state index contributed by atoms with van der Waals surface area (Å²) in [6, 6.07) is 22.8. The van der Waals surface area contributed by atoms with Gasteiger partial charge in [0.25, 0.3) is 0 Å². The molecule has 1 heterocycles. The minimum absolute atomic E-state index is 0. The van der Waals surface area contributed by atoms with Gasteiger partial charge in [-0.15, -0.1) is 12.4 Å². The Morgan fingerprint density at radius 3 is 2.35 bits per heavy atom. The van der Waals surface area contributed by atoms with Crippen LogP contribution in [-0.4, -0.2) is 25.2 Å². The molecule has 0 bridgehead atoms. The minimum atomic E-state index is 0. The van der Waals surface area contributed by atoms with E-state index in [0.29, 0.717) is 12.0 Å². The Kier molecular flexibility index (Phi) is 6.27. The number of ether oxygens (including phenoxy) is 2. The van der Waals surface area contributed by atoms with Crippen molar-refractivity contribution in [1.29, 1.82) is 0 Å². The summed E-state index contributed by atoms with van der Waals surface area (Å²) in [5, 5.41) is 0. The number of hydrogen-bond donors (Lipinski definition) is 0. The van der Waals surface area contributed by atoms with Gasteiger partial charge in [0, 0.05) is 25.0 Å². The summed E-state index contributed by atoms with van der Waals surface area (Å²) >= 11 is 0. The molecule has 1 aliphatic carbocycles. The average Bonchev–Trinajstić information content (AvgIpc) is 2.78. The third kappa shape index (κ3) is 3.93. The van der Waals surface area contributed by atoms with Gasteiger partial charge in [-0.2, -0.15) is 0 Å². The lowest BCUT2D eigenvalue weighted by molar-refractivity contribution is 0.132. The molecule has 0 saturated carbocycles. The van der Waals surface area contributed by atoms with Crippen LogP contribution in [0.3, 0.4) is 0 Å². The number of rotatable bonds is 4. The SMILES string of the molecule is COc1cc2c(cc1OC)C1c3ccc(C)cc3CN(Cc3ccccc3)C1CC2.Cl. The van der Waals surface area contributed by atoms with Crippen LogP contribution in [-0.2, 0) is 19.5 Å². The third-order valence-electron chi connectivity index (χ3n) is 6.78. The second kappa shape index (κ2) is 8.94.